The molecule has 4 atom stereocenters. The van der Waals surface area contributed by atoms with Crippen molar-refractivity contribution in [1.29, 1.82) is 5.26 Å². The molecule has 0 unspecified atom stereocenters. The highest BCUT2D eigenvalue weighted by Crippen LogP contribution is 2.48. The van der Waals surface area contributed by atoms with Crippen molar-refractivity contribution in [3.05, 3.63) is 295 Å². The summed E-state index contributed by atoms with van der Waals surface area (Å²) in [5, 5.41) is 52.0. The molecular weight excluding hydrogens is 2040 g/mol. The first-order valence-electron chi connectivity index (χ1n) is 45.4. The maximum atomic E-state index is 15.8. The molecule has 9 N–H and O–H groups in total. The van der Waals surface area contributed by atoms with E-state index >= 15 is 4.39 Å². The molecule has 4 saturated heterocycles. The van der Waals surface area contributed by atoms with Gasteiger partial charge in [0.05, 0.1) is 89.2 Å². The Kier molecular flexibility index (Phi) is 32.8. The highest BCUT2D eigenvalue weighted by molar-refractivity contribution is 9.10. The fourth-order valence-electron chi connectivity index (χ4n) is 18.1. The van der Waals surface area contributed by atoms with Crippen molar-refractivity contribution in [2.45, 2.75) is 104 Å². The molecule has 8 aromatic carbocycles. The number of nitrogens with zero attached hydrogens (tertiary/aromatic N) is 13. The van der Waals surface area contributed by atoms with Gasteiger partial charge in [-0.05, 0) is 269 Å². The van der Waals surface area contributed by atoms with E-state index in [9.17, 15) is 41.1 Å². The molecule has 4 aliphatic rings. The topological polar surface area (TPSA) is 263 Å². The highest BCUT2D eigenvalue weighted by Gasteiger charge is 2.32. The van der Waals surface area contributed by atoms with Crippen LogP contribution >= 0.6 is 109 Å². The third-order valence-corrected chi connectivity index (χ3v) is 28.3. The summed E-state index contributed by atoms with van der Waals surface area (Å²) in [6.07, 6.45) is 15.1. The Labute approximate surface area is 848 Å². The molecule has 8 aromatic heterocycles. The van der Waals surface area contributed by atoms with Crippen LogP contribution in [-0.4, -0.2) is 116 Å². The zero-order chi connectivity index (χ0) is 97.9. The lowest BCUT2D eigenvalue weighted by atomic mass is 9.99. The number of rotatable bonds is 24. The first-order chi connectivity index (χ1) is 67.8. The van der Waals surface area contributed by atoms with Crippen LogP contribution in [0.4, 0.5) is 58.9 Å². The standard InChI is InChI=1S/C26H22Cl2F2N6.C25H22BrCl2F2N5.C25H22Cl2F3N5.C25H24Cl2FN5O/c27-19-4-1-5-20(28)23(19)24-17(10-31)18-13-34-26(33-12-15-6-7-21(29)22(30)9-15)35-25(18)36(24)14-16-3-2-8-32-11-16;26-22-16-12-33-25(32-11-14-6-7-19(29)20(30)9-14)34-24(16)35(13-15-3-2-8-31-10-15)23(22)21-17(27)4-1-5-18(21)28;26-17-4-1-5-18(27)21(17)23-22(30)16-12-33-25(32-11-14-6-7-19(28)20(29)9-14)34-24(16)35(23)13-15-3-2-8-31-10-15;26-18-4-1-5-19(27)23(18)21-10-17-13-31-25(30-12-15-6-7-22(34)20(28)9-15)32-24(17)33(21)14-16-3-2-8-29-11-16/h1,4-7,9,13,16,32H,2-3,8,11-12,14H2,(H,33,34,35);2*1,4-7,9,12,15,31H,2-3,8,10-11,13H2,(H,32,33,34);1,4-7,9-10,13,16,29,34H,2-3,8,11-12,14H2,(H,30,31,32)/t16-;2*15-;16-/m1111/s1. The van der Waals surface area contributed by atoms with Crippen molar-refractivity contribution in [2.24, 2.45) is 23.7 Å². The lowest BCUT2D eigenvalue weighted by molar-refractivity contribution is 0.340. The monoisotopic (exact) mass is 2120 g/mol. The number of piperidine rings is 4. The average Bonchev–Trinajstić information content (AvgIpc) is 1.60. The minimum atomic E-state index is -0.932. The van der Waals surface area contributed by atoms with Gasteiger partial charge < -0.3 is 65.9 Å². The number of halogens is 17. The van der Waals surface area contributed by atoms with Crippen LogP contribution in [0.1, 0.15) is 79.2 Å². The number of aromatic hydroxyl groups is 1. The lowest BCUT2D eigenvalue weighted by Gasteiger charge is -2.25. The SMILES string of the molecule is Fc1ccc(CNc2ncc3c(Br)c(-c4c(Cl)cccc4Cl)n(C[C@@H]4CCCNC4)c3n2)cc1F.Fc1ccc(CNc2ncc3c(F)c(-c4c(Cl)cccc4Cl)n(C[C@@H]4CCCNC4)c3n2)cc1F.N#Cc1c(-c2c(Cl)cccc2Cl)n(C[C@@H]2CCCNC2)c2nc(NCc3ccc(F)c(F)c3)ncc12.Oc1ccc(CNc2ncc3cc(-c4c(Cl)cccc4Cl)n(C[C@@H]4CCCNC4)c3n2)cc1F. The second-order valence-corrected chi connectivity index (χ2v) is 38.6. The minimum Gasteiger partial charge on any atom is -0.505 e. The van der Waals surface area contributed by atoms with Gasteiger partial charge in [-0.3, -0.25) is 0 Å². The van der Waals surface area contributed by atoms with Crippen molar-refractivity contribution < 1.29 is 40.2 Å². The van der Waals surface area contributed by atoms with Crippen LogP contribution < -0.4 is 42.5 Å². The predicted molar refractivity (Wildman–Crippen MR) is 543 cm³/mol. The van der Waals surface area contributed by atoms with E-state index in [0.29, 0.717) is 157 Å². The second kappa shape index (κ2) is 45.8. The number of fused-ring (bicyclic) bond motifs is 4. The van der Waals surface area contributed by atoms with Gasteiger partial charge in [-0.2, -0.15) is 25.2 Å². The Morgan fingerprint density at radius 1 is 0.364 bits per heavy atom. The van der Waals surface area contributed by atoms with Gasteiger partial charge in [0.1, 0.15) is 28.7 Å². The molecule has 4 aliphatic heterocycles. The fourth-order valence-corrected chi connectivity index (χ4v) is 21.1. The Morgan fingerprint density at radius 2 is 0.686 bits per heavy atom. The van der Waals surface area contributed by atoms with E-state index < -0.39 is 46.5 Å². The van der Waals surface area contributed by atoms with Gasteiger partial charge in [-0.15, -0.1) is 0 Å². The molecule has 0 saturated carbocycles. The zero-order valence-corrected chi connectivity index (χ0v) is 82.3. The van der Waals surface area contributed by atoms with Crippen molar-refractivity contribution >= 4 is 177 Å². The third-order valence-electron chi connectivity index (χ3n) is 25.0. The average molecular weight is 2130 g/mol. The second-order valence-electron chi connectivity index (χ2n) is 34.6. The summed E-state index contributed by atoms with van der Waals surface area (Å²) in [7, 11) is 0. The summed E-state index contributed by atoms with van der Waals surface area (Å²) >= 11 is 56.2. The molecule has 39 heteroatoms. The van der Waals surface area contributed by atoms with Crippen LogP contribution in [-0.2, 0) is 52.4 Å². The van der Waals surface area contributed by atoms with Crippen molar-refractivity contribution in [1.82, 2.24) is 79.4 Å². The fraction of sp³-hybridized carbons (Fsp3) is 0.277. The van der Waals surface area contributed by atoms with Crippen molar-refractivity contribution in [2.75, 3.05) is 73.6 Å². The number of anilines is 4. The normalized spacial score (nSPS) is 16.0. The number of phenols is 1. The first-order valence-corrected chi connectivity index (χ1v) is 49.2. The summed E-state index contributed by atoms with van der Waals surface area (Å²) in [5.74, 6) is -4.14. The highest BCUT2D eigenvalue weighted by atomic mass is 79.9. The van der Waals surface area contributed by atoms with Crippen LogP contribution in [0.15, 0.2) is 181 Å². The summed E-state index contributed by atoms with van der Waals surface area (Å²) in [6.45, 7) is 11.1. The molecule has 0 amide bonds. The first kappa shape index (κ1) is 100. The molecule has 16 aromatic rings. The van der Waals surface area contributed by atoms with E-state index in [1.165, 1.54) is 36.5 Å². The van der Waals surface area contributed by atoms with Gasteiger partial charge in [0, 0.05) is 105 Å². The van der Waals surface area contributed by atoms with E-state index in [1.807, 2.05) is 51.6 Å². The molecule has 22 nitrogen and oxygen atoms in total. The number of benzene rings is 8. The van der Waals surface area contributed by atoms with E-state index in [2.05, 4.69) is 98.6 Å². The molecular formula is C101H90BrCl8F8N21O. The minimum absolute atomic E-state index is 0.168. The number of aromatic nitrogens is 12. The number of nitrogens with one attached hydrogen (secondary N) is 8. The maximum absolute atomic E-state index is 15.8. The summed E-state index contributed by atoms with van der Waals surface area (Å²) in [4.78, 5) is 36.4. The molecule has 0 aliphatic carbocycles. The molecule has 0 radical (unpaired) electrons. The van der Waals surface area contributed by atoms with Gasteiger partial charge in [0.2, 0.25) is 23.8 Å². The number of hydrogen-bond acceptors (Lipinski definition) is 18. The summed E-state index contributed by atoms with van der Waals surface area (Å²) in [6, 6.07) is 41.0. The zero-order valence-electron chi connectivity index (χ0n) is 74.7. The molecule has 0 bridgehead atoms. The van der Waals surface area contributed by atoms with Crippen LogP contribution in [0.5, 0.6) is 5.75 Å². The van der Waals surface area contributed by atoms with Crippen LogP contribution in [0.25, 0.3) is 89.2 Å². The van der Waals surface area contributed by atoms with Crippen LogP contribution in [0.2, 0.25) is 40.2 Å². The summed E-state index contributed by atoms with van der Waals surface area (Å²) in [5.41, 5.74) is 10.4. The van der Waals surface area contributed by atoms with Gasteiger partial charge in [0.25, 0.3) is 0 Å². The van der Waals surface area contributed by atoms with Crippen molar-refractivity contribution in [3.63, 3.8) is 0 Å². The molecule has 0 spiro atoms. The number of hydrogen-bond donors (Lipinski definition) is 9. The largest absolute Gasteiger partial charge is 0.505 e. The Morgan fingerprint density at radius 3 is 1.07 bits per heavy atom. The molecule has 724 valence electrons. The Balaban J connectivity index is 0.000000129. The smallest absolute Gasteiger partial charge is 0.224 e. The number of nitriles is 1. The molecule has 140 heavy (non-hydrogen) atoms. The third kappa shape index (κ3) is 23.1. The predicted octanol–water partition coefficient (Wildman–Crippen LogP) is 25.5. The van der Waals surface area contributed by atoms with Gasteiger partial charge >= 0.3 is 0 Å². The van der Waals surface area contributed by atoms with Crippen LogP contribution in [0.3, 0.4) is 0 Å². The molecule has 4 fully saturated rings. The van der Waals surface area contributed by atoms with E-state index in [0.717, 1.165) is 202 Å². The van der Waals surface area contributed by atoms with Gasteiger partial charge in [-0.1, -0.05) is 141 Å². The van der Waals surface area contributed by atoms with E-state index in [-0.39, 0.29) is 48.3 Å². The molecule has 20 rings (SSSR count). The molecule has 12 heterocycles. The van der Waals surface area contributed by atoms with Crippen LogP contribution in [0, 0.1) is 81.5 Å². The quantitative estimate of drug-likeness (QED) is 0.0255. The Bertz CT molecular complexity index is 7000. The maximum Gasteiger partial charge on any atom is 0.224 e. The van der Waals surface area contributed by atoms with Crippen molar-refractivity contribution in [3.8, 4) is 56.8 Å². The number of phenolic OH excluding ortho intramolecular Hbond substituents is 1. The lowest BCUT2D eigenvalue weighted by Crippen LogP contribution is -2.32. The summed E-state index contributed by atoms with van der Waals surface area (Å²) < 4.78 is 119. The Hall–Kier alpha value is -11.2. The van der Waals surface area contributed by atoms with Gasteiger partial charge in [-0.25, -0.2) is 55.1 Å². The van der Waals surface area contributed by atoms with E-state index in [1.54, 1.807) is 61.1 Å². The van der Waals surface area contributed by atoms with Gasteiger partial charge in [0.15, 0.2) is 52.3 Å². The van der Waals surface area contributed by atoms with E-state index in [4.69, 9.17) is 108 Å².